The molecule has 0 amide bonds. The molecule has 0 aliphatic carbocycles. The second-order valence-corrected chi connectivity index (χ2v) is 5.73. The highest BCUT2D eigenvalue weighted by Crippen LogP contribution is 2.26. The molecule has 0 bridgehead atoms. The lowest BCUT2D eigenvalue weighted by Crippen LogP contribution is -1.89. The molecule has 2 rings (SSSR count). The first-order chi connectivity index (χ1) is 8.56. The van der Waals surface area contributed by atoms with Gasteiger partial charge < -0.3 is 10.1 Å². The van der Waals surface area contributed by atoms with Crippen LogP contribution in [0.25, 0.3) is 0 Å². The third-order valence-electron chi connectivity index (χ3n) is 2.73. The van der Waals surface area contributed by atoms with Crippen LogP contribution < -0.4 is 0 Å². The maximum Gasteiger partial charge on any atom is 0.232 e. The summed E-state index contributed by atoms with van der Waals surface area (Å²) in [6.45, 7) is 6.14. The third kappa shape index (κ3) is 3.07. The Morgan fingerprint density at radius 2 is 1.94 bits per heavy atom. The van der Waals surface area contributed by atoms with Crippen molar-refractivity contribution < 1.29 is 5.11 Å². The largest absolute Gasteiger partial charge is 0.492 e. The van der Waals surface area contributed by atoms with Crippen molar-refractivity contribution in [2.75, 3.05) is 0 Å². The lowest BCUT2D eigenvalue weighted by Gasteiger charge is -2.01. The van der Waals surface area contributed by atoms with Gasteiger partial charge in [0.05, 0.1) is 11.4 Å². The van der Waals surface area contributed by atoms with Crippen LogP contribution in [0.2, 0.25) is 0 Å². The van der Waals surface area contributed by atoms with Gasteiger partial charge in [0.25, 0.3) is 0 Å². The van der Waals surface area contributed by atoms with Crippen molar-refractivity contribution in [3.63, 3.8) is 0 Å². The molecular weight excluding hydrogens is 244 g/mol. The number of rotatable bonds is 4. The van der Waals surface area contributed by atoms with Crippen molar-refractivity contribution >= 4 is 11.8 Å². The zero-order chi connectivity index (χ0) is 13.1. The molecule has 0 aliphatic heterocycles. The van der Waals surface area contributed by atoms with E-state index in [-0.39, 0.29) is 11.8 Å². The summed E-state index contributed by atoms with van der Waals surface area (Å²) in [7, 11) is 0. The van der Waals surface area contributed by atoms with Crippen molar-refractivity contribution in [3.8, 4) is 5.88 Å². The highest BCUT2D eigenvalue weighted by molar-refractivity contribution is 7.98. The van der Waals surface area contributed by atoms with Gasteiger partial charge in [0.1, 0.15) is 5.82 Å². The second kappa shape index (κ2) is 5.48. The molecule has 0 saturated heterocycles. The van der Waals surface area contributed by atoms with Gasteiger partial charge in [-0.1, -0.05) is 31.5 Å². The van der Waals surface area contributed by atoms with Crippen LogP contribution in [0.1, 0.15) is 36.8 Å². The van der Waals surface area contributed by atoms with E-state index in [1.807, 2.05) is 13.8 Å². The minimum atomic E-state index is 0.129. The maximum atomic E-state index is 9.68. The second-order valence-electron chi connectivity index (χ2n) is 4.68. The molecule has 2 aromatic rings. The third-order valence-corrected chi connectivity index (χ3v) is 3.76. The number of hydrogen-bond acceptors (Lipinski definition) is 3. The van der Waals surface area contributed by atoms with E-state index >= 15 is 0 Å². The SMILES string of the molecule is Cc1ccc(SCc2nc(O)c(C(C)C)[nH]2)cc1. The van der Waals surface area contributed by atoms with Gasteiger partial charge >= 0.3 is 0 Å². The van der Waals surface area contributed by atoms with Crippen molar-refractivity contribution in [1.82, 2.24) is 9.97 Å². The summed E-state index contributed by atoms with van der Waals surface area (Å²) < 4.78 is 0. The Kier molecular flexibility index (Phi) is 3.97. The predicted molar refractivity (Wildman–Crippen MR) is 75.1 cm³/mol. The van der Waals surface area contributed by atoms with Crippen LogP contribution in [-0.4, -0.2) is 15.1 Å². The van der Waals surface area contributed by atoms with Crippen molar-refractivity contribution in [3.05, 3.63) is 41.3 Å². The number of nitrogens with zero attached hydrogens (tertiary/aromatic N) is 1. The molecule has 1 heterocycles. The van der Waals surface area contributed by atoms with E-state index in [0.717, 1.165) is 17.3 Å². The van der Waals surface area contributed by atoms with Gasteiger partial charge in [-0.05, 0) is 25.0 Å². The average Bonchev–Trinajstić information content (AvgIpc) is 2.70. The summed E-state index contributed by atoms with van der Waals surface area (Å²) in [5.41, 5.74) is 2.08. The van der Waals surface area contributed by atoms with E-state index in [2.05, 4.69) is 41.2 Å². The first-order valence-corrected chi connectivity index (χ1v) is 7.02. The molecule has 18 heavy (non-hydrogen) atoms. The van der Waals surface area contributed by atoms with Gasteiger partial charge in [0.15, 0.2) is 0 Å². The number of benzene rings is 1. The van der Waals surface area contributed by atoms with Crippen molar-refractivity contribution in [1.29, 1.82) is 0 Å². The van der Waals surface area contributed by atoms with Crippen LogP contribution in [0.4, 0.5) is 0 Å². The number of aryl methyl sites for hydroxylation is 1. The maximum absolute atomic E-state index is 9.68. The first kappa shape index (κ1) is 13.0. The quantitative estimate of drug-likeness (QED) is 0.823. The topological polar surface area (TPSA) is 48.9 Å². The number of thioether (sulfide) groups is 1. The zero-order valence-corrected chi connectivity index (χ0v) is 11.7. The molecule has 0 radical (unpaired) electrons. The summed E-state index contributed by atoms with van der Waals surface area (Å²) in [4.78, 5) is 8.53. The lowest BCUT2D eigenvalue weighted by atomic mass is 10.1. The molecule has 4 heteroatoms. The van der Waals surface area contributed by atoms with Crippen LogP contribution in [-0.2, 0) is 5.75 Å². The summed E-state index contributed by atoms with van der Waals surface area (Å²) >= 11 is 1.71. The smallest absolute Gasteiger partial charge is 0.232 e. The van der Waals surface area contributed by atoms with Crippen LogP contribution in [0, 0.1) is 6.92 Å². The fourth-order valence-electron chi connectivity index (χ4n) is 1.68. The minimum absolute atomic E-state index is 0.129. The molecule has 0 fully saturated rings. The van der Waals surface area contributed by atoms with E-state index in [0.29, 0.717) is 0 Å². The van der Waals surface area contributed by atoms with Gasteiger partial charge in [-0.15, -0.1) is 11.8 Å². The molecule has 3 nitrogen and oxygen atoms in total. The molecule has 2 N–H and O–H groups in total. The first-order valence-electron chi connectivity index (χ1n) is 6.03. The average molecular weight is 262 g/mol. The monoisotopic (exact) mass is 262 g/mol. The molecule has 0 atom stereocenters. The van der Waals surface area contributed by atoms with E-state index in [9.17, 15) is 5.11 Å². The Hall–Kier alpha value is -1.42. The Labute approximate surface area is 112 Å². The molecule has 1 aromatic heterocycles. The molecule has 1 aromatic carbocycles. The summed E-state index contributed by atoms with van der Waals surface area (Å²) in [6, 6.07) is 8.40. The fraction of sp³-hybridized carbons (Fsp3) is 0.357. The van der Waals surface area contributed by atoms with E-state index in [4.69, 9.17) is 0 Å². The molecular formula is C14H18N2OS. The Balaban J connectivity index is 2.02. The van der Waals surface area contributed by atoms with Crippen molar-refractivity contribution in [2.24, 2.45) is 0 Å². The van der Waals surface area contributed by atoms with Crippen LogP contribution in [0.3, 0.4) is 0 Å². The normalized spacial score (nSPS) is 11.1. The molecule has 0 unspecified atom stereocenters. The van der Waals surface area contributed by atoms with E-state index in [1.165, 1.54) is 10.5 Å². The number of aromatic amines is 1. The fourth-order valence-corrected chi connectivity index (χ4v) is 2.45. The number of H-pyrrole nitrogens is 1. The Bertz CT molecular complexity index is 517. The van der Waals surface area contributed by atoms with Gasteiger partial charge in [-0.25, -0.2) is 0 Å². The molecule has 0 saturated carbocycles. The highest BCUT2D eigenvalue weighted by Gasteiger charge is 2.12. The Morgan fingerprint density at radius 1 is 1.28 bits per heavy atom. The van der Waals surface area contributed by atoms with Gasteiger partial charge in [-0.3, -0.25) is 0 Å². The van der Waals surface area contributed by atoms with Gasteiger partial charge in [0, 0.05) is 4.90 Å². The number of aromatic nitrogens is 2. The van der Waals surface area contributed by atoms with Crippen LogP contribution in [0.5, 0.6) is 5.88 Å². The summed E-state index contributed by atoms with van der Waals surface area (Å²) in [5, 5.41) is 9.68. The van der Waals surface area contributed by atoms with Gasteiger partial charge in [-0.2, -0.15) is 4.98 Å². The number of nitrogens with one attached hydrogen (secondary N) is 1. The Morgan fingerprint density at radius 3 is 2.50 bits per heavy atom. The summed E-state index contributed by atoms with van der Waals surface area (Å²) in [6.07, 6.45) is 0. The molecule has 96 valence electrons. The molecule has 0 spiro atoms. The standard InChI is InChI=1S/C14H18N2OS/c1-9(2)13-14(17)16-12(15-13)8-18-11-6-4-10(3)5-7-11/h4-7,9,17H,8H2,1-3H3,(H,15,16). The molecule has 0 aliphatic rings. The van der Waals surface area contributed by atoms with E-state index < -0.39 is 0 Å². The van der Waals surface area contributed by atoms with Crippen LogP contribution in [0.15, 0.2) is 29.2 Å². The minimum Gasteiger partial charge on any atom is -0.492 e. The number of imidazole rings is 1. The zero-order valence-electron chi connectivity index (χ0n) is 10.9. The lowest BCUT2D eigenvalue weighted by molar-refractivity contribution is 0.445. The van der Waals surface area contributed by atoms with Crippen LogP contribution >= 0.6 is 11.8 Å². The number of aromatic hydroxyl groups is 1. The van der Waals surface area contributed by atoms with E-state index in [1.54, 1.807) is 11.8 Å². The highest BCUT2D eigenvalue weighted by atomic mass is 32.2. The van der Waals surface area contributed by atoms with Crippen molar-refractivity contribution in [2.45, 2.75) is 37.3 Å². The van der Waals surface area contributed by atoms with Gasteiger partial charge in [0.2, 0.25) is 5.88 Å². The predicted octanol–water partition coefficient (Wildman–Crippen LogP) is 3.84. The summed E-state index contributed by atoms with van der Waals surface area (Å²) in [5.74, 6) is 1.95. The number of hydrogen-bond donors (Lipinski definition) is 2.